The molecule has 12 heteroatoms. The molecule has 192 valence electrons. The number of nitrogens with one attached hydrogen (secondary N) is 1. The first kappa shape index (κ1) is 26.7. The molecule has 0 saturated carbocycles. The summed E-state index contributed by atoms with van der Waals surface area (Å²) in [4.78, 5) is 16.9. The van der Waals surface area contributed by atoms with Gasteiger partial charge in [0.1, 0.15) is 18.1 Å². The summed E-state index contributed by atoms with van der Waals surface area (Å²) < 4.78 is 63.2. The van der Waals surface area contributed by atoms with Crippen LogP contribution in [0, 0.1) is 0 Å². The summed E-state index contributed by atoms with van der Waals surface area (Å²) in [5.74, 6) is -0.866. The van der Waals surface area contributed by atoms with Crippen LogP contribution in [-0.2, 0) is 9.84 Å². The van der Waals surface area contributed by atoms with E-state index in [2.05, 4.69) is 4.98 Å². The third-order valence-corrected chi connectivity index (χ3v) is 7.06. The molecular weight excluding hydrogens is 550 g/mol. The number of nitrogens with zero attached hydrogens (tertiary/aromatic N) is 2. The van der Waals surface area contributed by atoms with Crippen LogP contribution in [0.4, 0.5) is 13.2 Å². The highest BCUT2D eigenvalue weighted by Gasteiger charge is 2.29. The maximum atomic E-state index is 12.6. The Balaban J connectivity index is 1.77. The minimum atomic E-state index is -4.59. The van der Waals surface area contributed by atoms with Crippen LogP contribution in [0.3, 0.4) is 0 Å². The van der Waals surface area contributed by atoms with Crippen molar-refractivity contribution in [3.05, 3.63) is 88.7 Å². The van der Waals surface area contributed by atoms with Crippen LogP contribution in [-0.4, -0.2) is 42.9 Å². The zero-order valence-corrected chi connectivity index (χ0v) is 21.4. The fourth-order valence-corrected chi connectivity index (χ4v) is 4.80. The Morgan fingerprint density at radius 1 is 0.973 bits per heavy atom. The van der Waals surface area contributed by atoms with Gasteiger partial charge in [0.15, 0.2) is 9.84 Å². The van der Waals surface area contributed by atoms with Crippen molar-refractivity contribution in [2.45, 2.75) is 11.1 Å². The van der Waals surface area contributed by atoms with Crippen LogP contribution in [0.25, 0.3) is 28.2 Å². The fourth-order valence-electron chi connectivity index (χ4n) is 3.57. The Kier molecular flexibility index (Phi) is 7.36. The van der Waals surface area contributed by atoms with Gasteiger partial charge in [-0.3, -0.25) is 9.36 Å². The van der Waals surface area contributed by atoms with E-state index in [9.17, 15) is 26.4 Å². The Labute approximate surface area is 220 Å². The Morgan fingerprint density at radius 3 is 2.19 bits per heavy atom. The van der Waals surface area contributed by atoms with Crippen molar-refractivity contribution in [2.24, 2.45) is 0 Å². The lowest BCUT2D eigenvalue weighted by Gasteiger charge is -2.11. The Bertz CT molecular complexity index is 1560. The van der Waals surface area contributed by atoms with E-state index < -0.39 is 28.5 Å². The number of hydrogen-bond donors (Lipinski definition) is 1. The maximum Gasteiger partial charge on any atom is 0.405 e. The van der Waals surface area contributed by atoms with E-state index in [0.717, 1.165) is 11.8 Å². The van der Waals surface area contributed by atoms with E-state index in [-0.39, 0.29) is 26.5 Å². The van der Waals surface area contributed by atoms with Crippen molar-refractivity contribution in [1.82, 2.24) is 14.9 Å². The van der Waals surface area contributed by atoms with Gasteiger partial charge < -0.3 is 5.32 Å². The van der Waals surface area contributed by atoms with Crippen LogP contribution in [0.1, 0.15) is 10.5 Å². The van der Waals surface area contributed by atoms with Crippen LogP contribution in [0.2, 0.25) is 10.0 Å². The molecule has 0 saturated heterocycles. The molecule has 0 aliphatic heterocycles. The van der Waals surface area contributed by atoms with Gasteiger partial charge in [0, 0.05) is 18.1 Å². The number of carbonyl (C=O) groups excluding carboxylic acids is 1. The largest absolute Gasteiger partial charge is 0.405 e. The highest BCUT2D eigenvalue weighted by Crippen LogP contribution is 2.36. The third-order valence-electron chi connectivity index (χ3n) is 5.32. The summed E-state index contributed by atoms with van der Waals surface area (Å²) in [6, 6.07) is 18.1. The normalized spacial score (nSPS) is 11.9. The van der Waals surface area contributed by atoms with Gasteiger partial charge in [0.05, 0.1) is 20.5 Å². The molecule has 3 aromatic carbocycles. The molecule has 0 radical (unpaired) electrons. The predicted molar refractivity (Wildman–Crippen MR) is 136 cm³/mol. The molecule has 0 bridgehead atoms. The number of hydrogen-bond acceptors (Lipinski definition) is 4. The van der Waals surface area contributed by atoms with Gasteiger partial charge in [-0.1, -0.05) is 53.5 Å². The fraction of sp³-hybridized carbons (Fsp3) is 0.120. The van der Waals surface area contributed by atoms with Gasteiger partial charge in [-0.2, -0.15) is 13.2 Å². The smallest absolute Gasteiger partial charge is 0.342 e. The molecule has 37 heavy (non-hydrogen) atoms. The first-order valence-corrected chi connectivity index (χ1v) is 13.3. The van der Waals surface area contributed by atoms with Gasteiger partial charge in [0.25, 0.3) is 5.91 Å². The standard InChI is InChI=1S/C25H18Cl2F3N3O3S/c1-37(35,36)18-5-2-4-16(12-18)15-8-10-17(11-9-15)33-13-21(24(34)31-14-25(28,29)30)32-23(33)22-19(26)6-3-7-20(22)27/h2-13H,14H2,1H3,(H,31,34). The summed E-state index contributed by atoms with van der Waals surface area (Å²) in [6.45, 7) is -1.51. The summed E-state index contributed by atoms with van der Waals surface area (Å²) in [5, 5.41) is 2.27. The van der Waals surface area contributed by atoms with Crippen LogP contribution < -0.4 is 5.32 Å². The molecule has 4 rings (SSSR count). The number of aromatic nitrogens is 2. The van der Waals surface area contributed by atoms with Gasteiger partial charge in [-0.05, 0) is 47.5 Å². The molecule has 0 atom stereocenters. The summed E-state index contributed by atoms with van der Waals surface area (Å²) >= 11 is 12.7. The minimum absolute atomic E-state index is 0.152. The Morgan fingerprint density at radius 2 is 1.59 bits per heavy atom. The zero-order chi connectivity index (χ0) is 27.0. The van der Waals surface area contributed by atoms with E-state index in [4.69, 9.17) is 23.2 Å². The number of benzene rings is 3. The summed E-state index contributed by atoms with van der Waals surface area (Å²) in [6.07, 6.45) is -2.17. The van der Waals surface area contributed by atoms with Crippen LogP contribution in [0.15, 0.2) is 77.8 Å². The average molecular weight is 568 g/mol. The Hall–Kier alpha value is -3.34. The number of imidazole rings is 1. The van der Waals surface area contributed by atoms with Crippen LogP contribution >= 0.6 is 23.2 Å². The van der Waals surface area contributed by atoms with Crippen LogP contribution in [0.5, 0.6) is 0 Å². The second kappa shape index (κ2) is 10.2. The van der Waals surface area contributed by atoms with E-state index >= 15 is 0 Å². The lowest BCUT2D eigenvalue weighted by atomic mass is 10.1. The quantitative estimate of drug-likeness (QED) is 0.300. The number of amides is 1. The van der Waals surface area contributed by atoms with E-state index in [1.54, 1.807) is 66.0 Å². The molecule has 4 aromatic rings. The minimum Gasteiger partial charge on any atom is -0.342 e. The first-order chi connectivity index (χ1) is 17.3. The second-order valence-corrected chi connectivity index (χ2v) is 10.9. The summed E-state index contributed by atoms with van der Waals surface area (Å²) in [5.41, 5.74) is 1.93. The van der Waals surface area contributed by atoms with Crippen molar-refractivity contribution in [2.75, 3.05) is 12.8 Å². The topological polar surface area (TPSA) is 81.1 Å². The molecule has 0 aliphatic rings. The number of rotatable bonds is 6. The van der Waals surface area contributed by atoms with Crippen molar-refractivity contribution < 1.29 is 26.4 Å². The van der Waals surface area contributed by atoms with Crippen molar-refractivity contribution in [3.8, 4) is 28.2 Å². The van der Waals surface area contributed by atoms with Gasteiger partial charge >= 0.3 is 6.18 Å². The molecule has 1 heterocycles. The second-order valence-electron chi connectivity index (χ2n) is 8.06. The number of halogens is 5. The molecule has 0 aliphatic carbocycles. The molecule has 1 aromatic heterocycles. The van der Waals surface area contributed by atoms with Crippen molar-refractivity contribution in [3.63, 3.8) is 0 Å². The molecule has 0 unspecified atom stereocenters. The monoisotopic (exact) mass is 567 g/mol. The van der Waals surface area contributed by atoms with Gasteiger partial charge in [-0.15, -0.1) is 0 Å². The maximum absolute atomic E-state index is 12.6. The lowest BCUT2D eigenvalue weighted by molar-refractivity contribution is -0.123. The molecule has 0 fully saturated rings. The van der Waals surface area contributed by atoms with E-state index in [1.807, 2.05) is 0 Å². The predicted octanol–water partition coefficient (Wildman–Crippen LogP) is 6.21. The SMILES string of the molecule is CS(=O)(=O)c1cccc(-c2ccc(-n3cc(C(=O)NCC(F)(F)F)nc3-c3c(Cl)cccc3Cl)cc2)c1. The van der Waals surface area contributed by atoms with Crippen molar-refractivity contribution in [1.29, 1.82) is 0 Å². The molecular formula is C25H18Cl2F3N3O3S. The zero-order valence-electron chi connectivity index (χ0n) is 19.1. The van der Waals surface area contributed by atoms with Gasteiger partial charge in [-0.25, -0.2) is 13.4 Å². The highest BCUT2D eigenvalue weighted by molar-refractivity contribution is 7.90. The van der Waals surface area contributed by atoms with E-state index in [0.29, 0.717) is 16.8 Å². The molecule has 1 N–H and O–H groups in total. The average Bonchev–Trinajstić information content (AvgIpc) is 3.27. The highest BCUT2D eigenvalue weighted by atomic mass is 35.5. The third kappa shape index (κ3) is 6.15. The molecule has 0 spiro atoms. The van der Waals surface area contributed by atoms with Crippen molar-refractivity contribution >= 4 is 38.9 Å². The van der Waals surface area contributed by atoms with E-state index in [1.165, 1.54) is 16.8 Å². The number of sulfone groups is 1. The van der Waals surface area contributed by atoms with Gasteiger partial charge in [0.2, 0.25) is 0 Å². The number of carbonyl (C=O) groups is 1. The number of alkyl halides is 3. The molecule has 1 amide bonds. The summed E-state index contributed by atoms with van der Waals surface area (Å²) in [7, 11) is -3.39. The first-order valence-electron chi connectivity index (χ1n) is 10.6. The molecule has 6 nitrogen and oxygen atoms in total. The lowest BCUT2D eigenvalue weighted by Crippen LogP contribution is -2.33.